The number of likely N-dealkylation sites (tertiary alicyclic amines) is 1. The van der Waals surface area contributed by atoms with Crippen LogP contribution in [0.2, 0.25) is 0 Å². The van der Waals surface area contributed by atoms with Crippen molar-refractivity contribution >= 4 is 23.2 Å². The summed E-state index contributed by atoms with van der Waals surface area (Å²) in [6.45, 7) is 1.43. The Kier molecular flexibility index (Phi) is 4.34. The average molecular weight is 354 g/mol. The Hall–Kier alpha value is -2.14. The summed E-state index contributed by atoms with van der Waals surface area (Å²) in [5.74, 6) is 0.524. The van der Waals surface area contributed by atoms with Gasteiger partial charge in [0.1, 0.15) is 0 Å². The van der Waals surface area contributed by atoms with Crippen molar-refractivity contribution in [3.8, 4) is 0 Å². The van der Waals surface area contributed by atoms with Crippen LogP contribution < -0.4 is 5.32 Å². The van der Waals surface area contributed by atoms with E-state index in [1.807, 2.05) is 39.9 Å². The highest BCUT2D eigenvalue weighted by atomic mass is 32.1. The van der Waals surface area contributed by atoms with E-state index >= 15 is 0 Å². The van der Waals surface area contributed by atoms with Gasteiger partial charge in [0.25, 0.3) is 0 Å². The first kappa shape index (κ1) is 16.3. The molecular weight excluding hydrogens is 332 g/mol. The molecule has 4 rings (SSSR count). The number of benzene rings is 1. The first-order valence-corrected chi connectivity index (χ1v) is 9.75. The van der Waals surface area contributed by atoms with Gasteiger partial charge in [0.05, 0.1) is 12.0 Å². The maximum Gasteiger partial charge on any atom is 0.227 e. The smallest absolute Gasteiger partial charge is 0.227 e. The molecule has 0 unspecified atom stereocenters. The Balaban J connectivity index is 1.46. The molecule has 0 radical (unpaired) electrons. The van der Waals surface area contributed by atoms with Crippen LogP contribution in [0.1, 0.15) is 36.3 Å². The first-order valence-electron chi connectivity index (χ1n) is 8.81. The largest absolute Gasteiger partial charge is 0.350 e. The van der Waals surface area contributed by atoms with Crippen LogP contribution in [0.4, 0.5) is 0 Å². The molecule has 4 nitrogen and oxygen atoms in total. The summed E-state index contributed by atoms with van der Waals surface area (Å²) < 4.78 is 0. The zero-order valence-corrected chi connectivity index (χ0v) is 14.9. The van der Waals surface area contributed by atoms with Gasteiger partial charge >= 0.3 is 0 Å². The standard InChI is InChI=1S/C20H22N2O2S/c23-18-13-17(16-4-2-1-3-5-16)20(21-18)7-9-22(10-8-20)19(24)12-15-6-11-25-14-15/h1-6,11,14,17H,7-10,12-13H2,(H,21,23)/t17-/m0/s1. The number of carbonyl (C=O) groups is 2. The van der Waals surface area contributed by atoms with Crippen molar-refractivity contribution in [3.63, 3.8) is 0 Å². The maximum absolute atomic E-state index is 12.5. The SMILES string of the molecule is O=C1C[C@@H](c2ccccc2)C2(CCN(C(=O)Cc3ccsc3)CC2)N1. The van der Waals surface area contributed by atoms with Gasteiger partial charge in [-0.25, -0.2) is 0 Å². The van der Waals surface area contributed by atoms with Crippen molar-refractivity contribution < 1.29 is 9.59 Å². The molecule has 2 aliphatic rings. The van der Waals surface area contributed by atoms with E-state index in [0.29, 0.717) is 25.9 Å². The Morgan fingerprint density at radius 1 is 1.20 bits per heavy atom. The van der Waals surface area contributed by atoms with Gasteiger partial charge in [-0.1, -0.05) is 30.3 Å². The molecule has 2 aliphatic heterocycles. The van der Waals surface area contributed by atoms with Crippen molar-refractivity contribution in [1.82, 2.24) is 10.2 Å². The fourth-order valence-electron chi connectivity index (χ4n) is 4.23. The number of carbonyl (C=O) groups excluding carboxylic acids is 2. The molecule has 5 heteroatoms. The fourth-order valence-corrected chi connectivity index (χ4v) is 4.90. The molecule has 1 spiro atoms. The summed E-state index contributed by atoms with van der Waals surface area (Å²) in [6, 6.07) is 12.3. The molecule has 1 aromatic carbocycles. The number of hydrogen-bond donors (Lipinski definition) is 1. The van der Waals surface area contributed by atoms with Crippen molar-refractivity contribution in [1.29, 1.82) is 0 Å². The Morgan fingerprint density at radius 3 is 2.64 bits per heavy atom. The van der Waals surface area contributed by atoms with Gasteiger partial charge in [-0.15, -0.1) is 0 Å². The van der Waals surface area contributed by atoms with E-state index in [9.17, 15) is 9.59 Å². The number of thiophene rings is 1. The minimum Gasteiger partial charge on any atom is -0.350 e. The second kappa shape index (κ2) is 6.64. The van der Waals surface area contributed by atoms with E-state index in [1.165, 1.54) is 5.56 Å². The predicted octanol–water partition coefficient (Wildman–Crippen LogP) is 2.96. The molecule has 0 bridgehead atoms. The van der Waals surface area contributed by atoms with E-state index in [-0.39, 0.29) is 23.3 Å². The van der Waals surface area contributed by atoms with E-state index in [0.717, 1.165) is 18.4 Å². The summed E-state index contributed by atoms with van der Waals surface area (Å²) >= 11 is 1.62. The van der Waals surface area contributed by atoms with E-state index in [1.54, 1.807) is 11.3 Å². The fraction of sp³-hybridized carbons (Fsp3) is 0.400. The van der Waals surface area contributed by atoms with E-state index < -0.39 is 0 Å². The third-order valence-electron chi connectivity index (χ3n) is 5.59. The van der Waals surface area contributed by atoms with Gasteiger partial charge in [0.2, 0.25) is 11.8 Å². The Morgan fingerprint density at radius 2 is 1.96 bits per heavy atom. The zero-order chi connectivity index (χ0) is 17.3. The van der Waals surface area contributed by atoms with Crippen molar-refractivity contribution in [3.05, 3.63) is 58.3 Å². The van der Waals surface area contributed by atoms with E-state index in [4.69, 9.17) is 0 Å². The van der Waals surface area contributed by atoms with Crippen molar-refractivity contribution in [2.75, 3.05) is 13.1 Å². The van der Waals surface area contributed by atoms with Crippen LogP contribution in [0.25, 0.3) is 0 Å². The quantitative estimate of drug-likeness (QED) is 0.921. The van der Waals surface area contributed by atoms with Crippen LogP contribution in [-0.2, 0) is 16.0 Å². The Labute approximate surface area is 151 Å². The molecule has 1 N–H and O–H groups in total. The molecule has 2 aromatic rings. The average Bonchev–Trinajstić information content (AvgIpc) is 3.24. The lowest BCUT2D eigenvalue weighted by atomic mass is 9.74. The summed E-state index contributed by atoms with van der Waals surface area (Å²) in [5.41, 5.74) is 2.11. The van der Waals surface area contributed by atoms with Gasteiger partial charge in [-0.3, -0.25) is 9.59 Å². The number of nitrogens with one attached hydrogen (secondary N) is 1. The third-order valence-corrected chi connectivity index (χ3v) is 6.32. The number of hydrogen-bond acceptors (Lipinski definition) is 3. The highest BCUT2D eigenvalue weighted by Crippen LogP contribution is 2.43. The monoisotopic (exact) mass is 354 g/mol. The molecule has 25 heavy (non-hydrogen) atoms. The molecular formula is C20H22N2O2S. The molecule has 1 aromatic heterocycles. The summed E-state index contributed by atoms with van der Waals surface area (Å²) in [6.07, 6.45) is 2.68. The minimum absolute atomic E-state index is 0.131. The molecule has 1 atom stereocenters. The second-order valence-corrected chi connectivity index (χ2v) is 7.84. The van der Waals surface area contributed by atoms with Crippen molar-refractivity contribution in [2.24, 2.45) is 0 Å². The Bertz CT molecular complexity index is 749. The minimum atomic E-state index is -0.197. The lowest BCUT2D eigenvalue weighted by Crippen LogP contribution is -2.54. The summed E-state index contributed by atoms with van der Waals surface area (Å²) in [4.78, 5) is 26.6. The number of piperidine rings is 1. The molecule has 130 valence electrons. The van der Waals surface area contributed by atoms with Crippen LogP contribution in [0.3, 0.4) is 0 Å². The highest BCUT2D eigenvalue weighted by molar-refractivity contribution is 7.08. The third kappa shape index (κ3) is 3.21. The lowest BCUT2D eigenvalue weighted by Gasteiger charge is -2.43. The van der Waals surface area contributed by atoms with E-state index in [2.05, 4.69) is 17.4 Å². The van der Waals surface area contributed by atoms with Gasteiger partial charge in [0.15, 0.2) is 0 Å². The van der Waals surface area contributed by atoms with Crippen LogP contribution in [0.15, 0.2) is 47.2 Å². The molecule has 2 fully saturated rings. The van der Waals surface area contributed by atoms with Gasteiger partial charge in [-0.05, 0) is 40.8 Å². The lowest BCUT2D eigenvalue weighted by molar-refractivity contribution is -0.132. The zero-order valence-electron chi connectivity index (χ0n) is 14.1. The normalized spacial score (nSPS) is 22.2. The number of nitrogens with zero attached hydrogens (tertiary/aromatic N) is 1. The molecule has 2 amide bonds. The first-order chi connectivity index (χ1) is 12.2. The summed E-state index contributed by atoms with van der Waals surface area (Å²) in [7, 11) is 0. The highest BCUT2D eigenvalue weighted by Gasteiger charge is 2.48. The number of rotatable bonds is 3. The summed E-state index contributed by atoms with van der Waals surface area (Å²) in [5, 5.41) is 7.29. The van der Waals surface area contributed by atoms with Crippen LogP contribution >= 0.6 is 11.3 Å². The topological polar surface area (TPSA) is 49.4 Å². The van der Waals surface area contributed by atoms with Crippen LogP contribution in [0, 0.1) is 0 Å². The molecule has 2 saturated heterocycles. The van der Waals surface area contributed by atoms with Crippen LogP contribution in [-0.4, -0.2) is 35.3 Å². The maximum atomic E-state index is 12.5. The van der Waals surface area contributed by atoms with Gasteiger partial charge in [-0.2, -0.15) is 11.3 Å². The molecule has 0 aliphatic carbocycles. The number of amides is 2. The van der Waals surface area contributed by atoms with Crippen molar-refractivity contribution in [2.45, 2.75) is 37.1 Å². The molecule has 0 saturated carbocycles. The van der Waals surface area contributed by atoms with Gasteiger partial charge in [0, 0.05) is 25.4 Å². The van der Waals surface area contributed by atoms with Gasteiger partial charge < -0.3 is 10.2 Å². The molecule has 3 heterocycles. The predicted molar refractivity (Wildman–Crippen MR) is 98.5 cm³/mol. The van der Waals surface area contributed by atoms with Crippen LogP contribution in [0.5, 0.6) is 0 Å². The second-order valence-electron chi connectivity index (χ2n) is 7.06.